The Bertz CT molecular complexity index is 389. The average molecular weight is 238 g/mol. The summed E-state index contributed by atoms with van der Waals surface area (Å²) >= 11 is 0. The summed E-state index contributed by atoms with van der Waals surface area (Å²) in [6, 6.07) is 3.62. The van der Waals surface area contributed by atoms with Crippen molar-refractivity contribution in [2.45, 2.75) is 45.6 Å². The summed E-state index contributed by atoms with van der Waals surface area (Å²) in [4.78, 5) is 0. The van der Waals surface area contributed by atoms with Crippen LogP contribution in [-0.2, 0) is 11.8 Å². The van der Waals surface area contributed by atoms with E-state index in [0.29, 0.717) is 12.2 Å². The monoisotopic (exact) mass is 238 g/mol. The van der Waals surface area contributed by atoms with Crippen LogP contribution in [0.25, 0.3) is 0 Å². The quantitative estimate of drug-likeness (QED) is 0.851. The molecule has 1 aromatic rings. The standard InChI is InChI=1S/C14H22O3/c1-9(15)6-10-7-11(17-5)8-12(13(10)16)14(2,3)4/h7-9,15-16H,6H2,1-5H3. The van der Waals surface area contributed by atoms with Gasteiger partial charge in [0.1, 0.15) is 11.5 Å². The molecule has 1 atom stereocenters. The number of hydrogen-bond acceptors (Lipinski definition) is 3. The van der Waals surface area contributed by atoms with Crippen molar-refractivity contribution >= 4 is 0 Å². The molecule has 0 spiro atoms. The van der Waals surface area contributed by atoms with Gasteiger partial charge in [0.2, 0.25) is 0 Å². The number of benzene rings is 1. The van der Waals surface area contributed by atoms with Gasteiger partial charge >= 0.3 is 0 Å². The highest BCUT2D eigenvalue weighted by Crippen LogP contribution is 2.37. The second kappa shape index (κ2) is 4.96. The van der Waals surface area contributed by atoms with Crippen LogP contribution < -0.4 is 4.74 Å². The molecule has 17 heavy (non-hydrogen) atoms. The molecule has 0 aromatic heterocycles. The van der Waals surface area contributed by atoms with E-state index in [1.807, 2.05) is 26.8 Å². The molecule has 96 valence electrons. The Morgan fingerprint density at radius 1 is 1.29 bits per heavy atom. The third kappa shape index (κ3) is 3.37. The zero-order valence-corrected chi connectivity index (χ0v) is 11.2. The lowest BCUT2D eigenvalue weighted by Crippen LogP contribution is -2.14. The van der Waals surface area contributed by atoms with Crippen LogP contribution in [0, 0.1) is 0 Å². The minimum Gasteiger partial charge on any atom is -0.507 e. The fourth-order valence-corrected chi connectivity index (χ4v) is 1.83. The van der Waals surface area contributed by atoms with Crippen LogP contribution in [0.3, 0.4) is 0 Å². The zero-order valence-electron chi connectivity index (χ0n) is 11.2. The summed E-state index contributed by atoms with van der Waals surface area (Å²) in [7, 11) is 1.60. The van der Waals surface area contributed by atoms with Crippen LogP contribution >= 0.6 is 0 Å². The van der Waals surface area contributed by atoms with E-state index in [9.17, 15) is 10.2 Å². The average Bonchev–Trinajstić information content (AvgIpc) is 2.18. The molecule has 0 aliphatic rings. The topological polar surface area (TPSA) is 49.7 Å². The predicted molar refractivity (Wildman–Crippen MR) is 68.7 cm³/mol. The highest BCUT2D eigenvalue weighted by atomic mass is 16.5. The minimum absolute atomic E-state index is 0.161. The highest BCUT2D eigenvalue weighted by Gasteiger charge is 2.22. The second-order valence-electron chi connectivity index (χ2n) is 5.49. The first-order chi connectivity index (χ1) is 7.75. The lowest BCUT2D eigenvalue weighted by molar-refractivity contribution is 0.194. The van der Waals surface area contributed by atoms with Crippen molar-refractivity contribution in [1.82, 2.24) is 0 Å². The number of aromatic hydroxyl groups is 1. The van der Waals surface area contributed by atoms with Gasteiger partial charge in [0.05, 0.1) is 13.2 Å². The van der Waals surface area contributed by atoms with Gasteiger partial charge in [-0.3, -0.25) is 0 Å². The highest BCUT2D eigenvalue weighted by molar-refractivity contribution is 5.49. The van der Waals surface area contributed by atoms with E-state index in [1.165, 1.54) is 0 Å². The maximum absolute atomic E-state index is 10.2. The molecular weight excluding hydrogens is 216 g/mol. The van der Waals surface area contributed by atoms with Crippen molar-refractivity contribution in [2.75, 3.05) is 7.11 Å². The Labute approximate surface area is 103 Å². The molecule has 0 heterocycles. The summed E-state index contributed by atoms with van der Waals surface area (Å²) in [6.07, 6.45) is -0.0626. The Morgan fingerprint density at radius 3 is 2.29 bits per heavy atom. The van der Waals surface area contributed by atoms with Crippen molar-refractivity contribution < 1.29 is 14.9 Å². The summed E-state index contributed by atoms with van der Waals surface area (Å²) in [5, 5.41) is 19.7. The first kappa shape index (κ1) is 13.8. The van der Waals surface area contributed by atoms with Crippen LogP contribution in [-0.4, -0.2) is 23.4 Å². The molecule has 1 aromatic carbocycles. The summed E-state index contributed by atoms with van der Waals surface area (Å²) < 4.78 is 5.23. The van der Waals surface area contributed by atoms with Crippen LogP contribution in [0.1, 0.15) is 38.8 Å². The largest absolute Gasteiger partial charge is 0.507 e. The third-order valence-electron chi connectivity index (χ3n) is 2.72. The number of phenols is 1. The summed E-state index contributed by atoms with van der Waals surface area (Å²) in [6.45, 7) is 7.81. The minimum atomic E-state index is -0.485. The van der Waals surface area contributed by atoms with Crippen LogP contribution in [0.15, 0.2) is 12.1 Å². The molecule has 3 heteroatoms. The molecule has 0 radical (unpaired) electrons. The van der Waals surface area contributed by atoms with Gasteiger partial charge in [-0.05, 0) is 24.5 Å². The van der Waals surface area contributed by atoms with Gasteiger partial charge < -0.3 is 14.9 Å². The van der Waals surface area contributed by atoms with Gasteiger partial charge in [-0.2, -0.15) is 0 Å². The van der Waals surface area contributed by atoms with Gasteiger partial charge in [0.15, 0.2) is 0 Å². The SMILES string of the molecule is COc1cc(CC(C)O)c(O)c(C(C)(C)C)c1. The molecule has 0 saturated carbocycles. The van der Waals surface area contributed by atoms with Crippen LogP contribution in [0.2, 0.25) is 0 Å². The number of aliphatic hydroxyl groups is 1. The van der Waals surface area contributed by atoms with E-state index in [0.717, 1.165) is 11.1 Å². The number of ether oxygens (including phenoxy) is 1. The van der Waals surface area contributed by atoms with E-state index in [2.05, 4.69) is 0 Å². The van der Waals surface area contributed by atoms with E-state index >= 15 is 0 Å². The number of methoxy groups -OCH3 is 1. The zero-order chi connectivity index (χ0) is 13.2. The molecule has 0 aliphatic carbocycles. The Balaban J connectivity index is 3.31. The fraction of sp³-hybridized carbons (Fsp3) is 0.571. The molecule has 3 nitrogen and oxygen atoms in total. The predicted octanol–water partition coefficient (Wildman–Crippen LogP) is 2.62. The third-order valence-corrected chi connectivity index (χ3v) is 2.72. The maximum atomic E-state index is 10.2. The molecule has 0 aliphatic heterocycles. The van der Waals surface area contributed by atoms with Crippen molar-refractivity contribution in [3.63, 3.8) is 0 Å². The van der Waals surface area contributed by atoms with Crippen LogP contribution in [0.5, 0.6) is 11.5 Å². The molecule has 0 bridgehead atoms. The molecule has 1 rings (SSSR count). The van der Waals surface area contributed by atoms with Gasteiger partial charge in [-0.15, -0.1) is 0 Å². The smallest absolute Gasteiger partial charge is 0.122 e. The van der Waals surface area contributed by atoms with E-state index in [1.54, 1.807) is 20.1 Å². The van der Waals surface area contributed by atoms with E-state index in [-0.39, 0.29) is 11.2 Å². The van der Waals surface area contributed by atoms with Gasteiger partial charge in [-0.1, -0.05) is 20.8 Å². The number of aliphatic hydroxyl groups excluding tert-OH is 1. The Morgan fingerprint density at radius 2 is 1.88 bits per heavy atom. The number of hydrogen-bond donors (Lipinski definition) is 2. The number of phenolic OH excluding ortho intramolecular Hbond substituents is 1. The van der Waals surface area contributed by atoms with E-state index < -0.39 is 6.10 Å². The second-order valence-corrected chi connectivity index (χ2v) is 5.49. The summed E-state index contributed by atoms with van der Waals surface area (Å²) in [5.74, 6) is 0.975. The Kier molecular flexibility index (Phi) is 4.04. The van der Waals surface area contributed by atoms with Crippen LogP contribution in [0.4, 0.5) is 0 Å². The molecule has 0 saturated heterocycles. The van der Waals surface area contributed by atoms with Gasteiger partial charge in [0.25, 0.3) is 0 Å². The number of rotatable bonds is 3. The fourth-order valence-electron chi connectivity index (χ4n) is 1.83. The molecule has 0 fully saturated rings. The molecule has 0 amide bonds. The van der Waals surface area contributed by atoms with Gasteiger partial charge in [-0.25, -0.2) is 0 Å². The lowest BCUT2D eigenvalue weighted by Gasteiger charge is -2.23. The van der Waals surface area contributed by atoms with Crippen molar-refractivity contribution in [3.8, 4) is 11.5 Å². The van der Waals surface area contributed by atoms with Gasteiger partial charge in [0, 0.05) is 17.5 Å². The Hall–Kier alpha value is -1.22. The summed E-state index contributed by atoms with van der Waals surface area (Å²) in [5.41, 5.74) is 1.41. The van der Waals surface area contributed by atoms with Crippen molar-refractivity contribution in [1.29, 1.82) is 0 Å². The normalized spacial score (nSPS) is 13.5. The maximum Gasteiger partial charge on any atom is 0.122 e. The molecule has 1 unspecified atom stereocenters. The first-order valence-corrected chi connectivity index (χ1v) is 5.84. The molecule has 2 N–H and O–H groups in total. The van der Waals surface area contributed by atoms with E-state index in [4.69, 9.17) is 4.74 Å². The van der Waals surface area contributed by atoms with Crippen molar-refractivity contribution in [2.24, 2.45) is 0 Å². The molecular formula is C14H22O3. The first-order valence-electron chi connectivity index (χ1n) is 5.84. The lowest BCUT2D eigenvalue weighted by atomic mass is 9.84. The van der Waals surface area contributed by atoms with Crippen molar-refractivity contribution in [3.05, 3.63) is 23.3 Å².